The van der Waals surface area contributed by atoms with Gasteiger partial charge < -0.3 is 9.47 Å². The molecule has 0 aromatic heterocycles. The van der Waals surface area contributed by atoms with E-state index in [1.165, 1.54) is 4.90 Å². The maximum atomic E-state index is 14.0. The number of ether oxygens (including phenoxy) is 2. The fourth-order valence-electron chi connectivity index (χ4n) is 6.20. The molecule has 2 aromatic rings. The van der Waals surface area contributed by atoms with E-state index in [0.29, 0.717) is 17.0 Å². The molecule has 2 aromatic carbocycles. The third kappa shape index (κ3) is 2.52. The molecule has 2 aliphatic carbocycles. The first-order valence-corrected chi connectivity index (χ1v) is 11.3. The van der Waals surface area contributed by atoms with Crippen LogP contribution in [-0.4, -0.2) is 35.9 Å². The Kier molecular flexibility index (Phi) is 4.34. The van der Waals surface area contributed by atoms with Gasteiger partial charge in [-0.1, -0.05) is 60.7 Å². The number of carbonyl (C=O) groups excluding carboxylic acids is 3. The highest BCUT2D eigenvalue weighted by molar-refractivity contribution is 6.54. The van der Waals surface area contributed by atoms with Crippen molar-refractivity contribution in [3.63, 3.8) is 0 Å². The number of esters is 1. The molecule has 166 valence electrons. The number of nitrogens with zero attached hydrogens (tertiary/aromatic N) is 1. The maximum Gasteiger partial charge on any atom is 0.337 e. The van der Waals surface area contributed by atoms with Gasteiger partial charge in [-0.05, 0) is 31.4 Å². The molecule has 1 saturated heterocycles. The molecule has 0 N–H and O–H groups in total. The van der Waals surface area contributed by atoms with E-state index >= 15 is 0 Å². The van der Waals surface area contributed by atoms with Gasteiger partial charge in [-0.25, -0.2) is 4.79 Å². The van der Waals surface area contributed by atoms with Gasteiger partial charge in [-0.3, -0.25) is 14.5 Å². The largest absolute Gasteiger partial charge is 0.488 e. The summed E-state index contributed by atoms with van der Waals surface area (Å²) in [6, 6.07) is 18.2. The number of carbonyl (C=O) groups is 3. The summed E-state index contributed by atoms with van der Waals surface area (Å²) in [5, 5.41) is 0. The van der Waals surface area contributed by atoms with E-state index in [1.54, 1.807) is 31.2 Å². The summed E-state index contributed by atoms with van der Waals surface area (Å²) in [5.74, 6) is -2.01. The lowest BCUT2D eigenvalue weighted by molar-refractivity contribution is -0.153. The van der Waals surface area contributed by atoms with Gasteiger partial charge in [-0.15, -0.1) is 0 Å². The Labute approximate surface area is 191 Å². The summed E-state index contributed by atoms with van der Waals surface area (Å²) in [6.07, 6.45) is 4.70. The average Bonchev–Trinajstić information content (AvgIpc) is 3.52. The van der Waals surface area contributed by atoms with Crippen LogP contribution in [0.4, 0.5) is 5.69 Å². The molecule has 1 saturated carbocycles. The van der Waals surface area contributed by atoms with Crippen LogP contribution < -0.4 is 4.90 Å². The zero-order valence-electron chi connectivity index (χ0n) is 18.1. The predicted octanol–water partition coefficient (Wildman–Crippen LogP) is 3.54. The van der Waals surface area contributed by atoms with Crippen molar-refractivity contribution < 1.29 is 23.9 Å². The normalized spacial score (nSPS) is 31.5. The molecule has 4 aliphatic rings. The van der Waals surface area contributed by atoms with Crippen LogP contribution >= 0.6 is 0 Å². The van der Waals surface area contributed by atoms with Gasteiger partial charge in [0.2, 0.25) is 0 Å². The summed E-state index contributed by atoms with van der Waals surface area (Å²) in [5.41, 5.74) is -0.312. The number of allylic oxidation sites excluding steroid dienone is 1. The Morgan fingerprint density at radius 1 is 1.03 bits per heavy atom. The Balaban J connectivity index is 1.70. The monoisotopic (exact) mass is 441 g/mol. The number of fused-ring (bicyclic) bond motifs is 7. The molecule has 6 nitrogen and oxygen atoms in total. The van der Waals surface area contributed by atoms with Crippen molar-refractivity contribution in [2.24, 2.45) is 17.8 Å². The molecule has 2 aliphatic heterocycles. The first kappa shape index (κ1) is 20.0. The number of anilines is 1. The number of ketones is 1. The fourth-order valence-corrected chi connectivity index (χ4v) is 6.20. The zero-order valence-corrected chi connectivity index (χ0v) is 18.1. The number of para-hydroxylation sites is 1. The second-order valence-electron chi connectivity index (χ2n) is 8.92. The molecule has 2 bridgehead atoms. The van der Waals surface area contributed by atoms with Crippen LogP contribution in [0.25, 0.3) is 5.76 Å². The van der Waals surface area contributed by atoms with E-state index in [1.807, 2.05) is 36.4 Å². The van der Waals surface area contributed by atoms with E-state index in [0.717, 1.165) is 6.42 Å². The van der Waals surface area contributed by atoms with Crippen molar-refractivity contribution in [3.05, 3.63) is 84.0 Å². The first-order valence-electron chi connectivity index (χ1n) is 11.3. The van der Waals surface area contributed by atoms with E-state index in [-0.39, 0.29) is 30.1 Å². The van der Waals surface area contributed by atoms with Gasteiger partial charge in [0.25, 0.3) is 5.78 Å². The molecule has 0 spiro atoms. The van der Waals surface area contributed by atoms with E-state index in [2.05, 4.69) is 12.2 Å². The van der Waals surface area contributed by atoms with Gasteiger partial charge in [0.1, 0.15) is 11.9 Å². The van der Waals surface area contributed by atoms with Gasteiger partial charge in [0, 0.05) is 23.1 Å². The van der Waals surface area contributed by atoms with E-state index in [9.17, 15) is 14.4 Å². The van der Waals surface area contributed by atoms with Crippen molar-refractivity contribution in [1.29, 1.82) is 0 Å². The highest BCUT2D eigenvalue weighted by Gasteiger charge is 2.73. The number of amides is 1. The first-order chi connectivity index (χ1) is 16.1. The Bertz CT molecular complexity index is 1220. The maximum absolute atomic E-state index is 14.0. The zero-order chi connectivity index (χ0) is 22.7. The van der Waals surface area contributed by atoms with Crippen LogP contribution in [0.15, 0.2) is 78.4 Å². The van der Waals surface area contributed by atoms with Crippen molar-refractivity contribution in [3.8, 4) is 0 Å². The van der Waals surface area contributed by atoms with Crippen LogP contribution in [0, 0.1) is 17.8 Å². The van der Waals surface area contributed by atoms with Gasteiger partial charge in [0.05, 0.1) is 12.2 Å². The number of benzene rings is 2. The number of hydrogen-bond donors (Lipinski definition) is 0. The highest BCUT2D eigenvalue weighted by atomic mass is 16.5. The molecule has 5 atom stereocenters. The minimum absolute atomic E-state index is 0.00152. The van der Waals surface area contributed by atoms with Crippen LogP contribution in [0.3, 0.4) is 0 Å². The fraction of sp³-hybridized carbons (Fsp3) is 0.296. The number of hydrogen-bond acceptors (Lipinski definition) is 5. The molecule has 6 rings (SSSR count). The molecule has 0 unspecified atom stereocenters. The second-order valence-corrected chi connectivity index (χ2v) is 8.92. The topological polar surface area (TPSA) is 72.9 Å². The standard InChI is InChI=1S/C27H23NO5/c1-2-32-26(31)27-20-17-13-14-18(15-17)24(20)33-23(16-9-5-3-6-10-16)21(27)22(29)25(30)28(27)19-11-7-4-8-12-19/h3-14,17-18,20,24H,2,15H2,1H3/t17-,18-,20-,24-,27+/m0/s1. The smallest absolute Gasteiger partial charge is 0.337 e. The summed E-state index contributed by atoms with van der Waals surface area (Å²) in [6.45, 7) is 1.88. The van der Waals surface area contributed by atoms with Gasteiger partial charge >= 0.3 is 11.9 Å². The third-order valence-corrected chi connectivity index (χ3v) is 7.35. The molecule has 33 heavy (non-hydrogen) atoms. The molecule has 2 fully saturated rings. The van der Waals surface area contributed by atoms with Crippen molar-refractivity contribution in [2.45, 2.75) is 25.0 Å². The summed E-state index contributed by atoms with van der Waals surface area (Å²) in [4.78, 5) is 42.7. The molecule has 1 amide bonds. The molecule has 0 radical (unpaired) electrons. The minimum Gasteiger partial charge on any atom is -0.488 e. The molecular weight excluding hydrogens is 418 g/mol. The summed E-state index contributed by atoms with van der Waals surface area (Å²) < 4.78 is 12.2. The van der Waals surface area contributed by atoms with Crippen LogP contribution in [0.2, 0.25) is 0 Å². The second kappa shape index (κ2) is 7.17. The number of rotatable bonds is 4. The van der Waals surface area contributed by atoms with Crippen molar-refractivity contribution in [1.82, 2.24) is 0 Å². The molecule has 6 heteroatoms. The molecule has 2 heterocycles. The van der Waals surface area contributed by atoms with Gasteiger partial charge in [-0.2, -0.15) is 0 Å². The predicted molar refractivity (Wildman–Crippen MR) is 121 cm³/mol. The number of Topliss-reactive ketones (excluding diaryl/α,β-unsaturated/α-hetero) is 1. The lowest BCUT2D eigenvalue weighted by Gasteiger charge is -2.48. The average molecular weight is 441 g/mol. The Morgan fingerprint density at radius 3 is 2.39 bits per heavy atom. The summed E-state index contributed by atoms with van der Waals surface area (Å²) in [7, 11) is 0. The Morgan fingerprint density at radius 2 is 1.70 bits per heavy atom. The van der Waals surface area contributed by atoms with E-state index in [4.69, 9.17) is 9.47 Å². The quantitative estimate of drug-likeness (QED) is 0.412. The van der Waals surface area contributed by atoms with E-state index < -0.39 is 29.1 Å². The summed E-state index contributed by atoms with van der Waals surface area (Å²) >= 11 is 0. The lowest BCUT2D eigenvalue weighted by Crippen LogP contribution is -2.64. The van der Waals surface area contributed by atoms with Crippen molar-refractivity contribution in [2.75, 3.05) is 11.5 Å². The van der Waals surface area contributed by atoms with Crippen molar-refractivity contribution >= 4 is 29.1 Å². The van der Waals surface area contributed by atoms with Crippen LogP contribution in [0.1, 0.15) is 18.9 Å². The third-order valence-electron chi connectivity index (χ3n) is 7.35. The molecular formula is C27H23NO5. The minimum atomic E-state index is -1.58. The lowest BCUT2D eigenvalue weighted by atomic mass is 9.67. The van der Waals surface area contributed by atoms with Gasteiger partial charge in [0.15, 0.2) is 5.54 Å². The van der Waals surface area contributed by atoms with Crippen LogP contribution in [-0.2, 0) is 23.9 Å². The Hall–Kier alpha value is -3.67. The SMILES string of the molecule is CCOC(=O)[C@]12C(=C(c3ccccc3)O[C@@H]3[C@@H]1[C@H]1C=C[C@H]3C1)C(=O)C(=O)N2c1ccccc1. The van der Waals surface area contributed by atoms with Crippen LogP contribution in [0.5, 0.6) is 0 Å². The highest BCUT2D eigenvalue weighted by Crippen LogP contribution is 2.61.